The minimum Gasteiger partial charge on any atom is -0.322 e. The van der Waals surface area contributed by atoms with Crippen LogP contribution in [0.4, 0.5) is 5.69 Å². The number of fused-ring (bicyclic) bond motifs is 1. The highest BCUT2D eigenvalue weighted by Gasteiger charge is 2.12. The molecular formula is C23H22N4OS. The highest BCUT2D eigenvalue weighted by atomic mass is 32.2. The van der Waals surface area contributed by atoms with E-state index < -0.39 is 0 Å². The molecule has 0 saturated carbocycles. The van der Waals surface area contributed by atoms with E-state index in [9.17, 15) is 4.79 Å². The van der Waals surface area contributed by atoms with Crippen molar-refractivity contribution in [3.05, 3.63) is 95.3 Å². The second kappa shape index (κ2) is 9.41. The second-order valence-electron chi connectivity index (χ2n) is 6.51. The second-order valence-corrected chi connectivity index (χ2v) is 7.57. The zero-order valence-electron chi connectivity index (χ0n) is 15.9. The van der Waals surface area contributed by atoms with E-state index in [2.05, 4.69) is 10.9 Å². The molecule has 0 aliphatic rings. The lowest BCUT2D eigenvalue weighted by atomic mass is 10.2. The normalized spacial score (nSPS) is 10.9. The molecule has 29 heavy (non-hydrogen) atoms. The lowest BCUT2D eigenvalue weighted by molar-refractivity contribution is 0.762. The first-order valence-corrected chi connectivity index (χ1v) is 10.6. The van der Waals surface area contributed by atoms with Gasteiger partial charge in [-0.05, 0) is 42.8 Å². The summed E-state index contributed by atoms with van der Waals surface area (Å²) in [6.07, 6.45) is 0.933. The molecule has 0 radical (unpaired) electrons. The molecule has 146 valence electrons. The zero-order chi connectivity index (χ0) is 19.9. The lowest BCUT2D eigenvalue weighted by Crippen LogP contribution is -2.23. The maximum absolute atomic E-state index is 13.1. The number of hydrogen-bond acceptors (Lipinski definition) is 5. The number of nitrogens with zero attached hydrogens (tertiary/aromatic N) is 2. The van der Waals surface area contributed by atoms with Gasteiger partial charge in [0.05, 0.1) is 16.6 Å². The summed E-state index contributed by atoms with van der Waals surface area (Å²) < 4.78 is 1.71. The number of benzene rings is 3. The van der Waals surface area contributed by atoms with Gasteiger partial charge in [-0.1, -0.05) is 60.3 Å². The first-order valence-electron chi connectivity index (χ1n) is 9.57. The van der Waals surface area contributed by atoms with Crippen molar-refractivity contribution >= 4 is 28.4 Å². The van der Waals surface area contributed by atoms with E-state index in [1.54, 1.807) is 16.3 Å². The molecule has 0 fully saturated rings. The Morgan fingerprint density at radius 3 is 2.34 bits per heavy atom. The maximum Gasteiger partial charge on any atom is 0.266 e. The molecule has 0 saturated heterocycles. The SMILES string of the molecule is O=c1c2ccccc2nc(SCCCNNc2ccccc2)n1-c1ccccc1. The smallest absolute Gasteiger partial charge is 0.266 e. The van der Waals surface area contributed by atoms with Crippen LogP contribution in [0.1, 0.15) is 6.42 Å². The summed E-state index contributed by atoms with van der Waals surface area (Å²) in [6, 6.07) is 27.2. The van der Waals surface area contributed by atoms with Crippen LogP contribution < -0.4 is 16.4 Å². The molecule has 0 aliphatic heterocycles. The minimum absolute atomic E-state index is 0.0341. The maximum atomic E-state index is 13.1. The Morgan fingerprint density at radius 2 is 1.55 bits per heavy atom. The molecule has 4 rings (SSSR count). The Balaban J connectivity index is 1.47. The molecule has 0 atom stereocenters. The van der Waals surface area contributed by atoms with E-state index in [-0.39, 0.29) is 5.56 Å². The highest BCUT2D eigenvalue weighted by Crippen LogP contribution is 2.21. The first kappa shape index (κ1) is 19.2. The van der Waals surface area contributed by atoms with Crippen LogP contribution in [0.15, 0.2) is 94.9 Å². The van der Waals surface area contributed by atoms with Gasteiger partial charge < -0.3 is 5.43 Å². The predicted molar refractivity (Wildman–Crippen MR) is 121 cm³/mol. The molecule has 4 aromatic rings. The van der Waals surface area contributed by atoms with Crippen molar-refractivity contribution in [1.82, 2.24) is 15.0 Å². The Bertz CT molecular complexity index is 1130. The summed E-state index contributed by atoms with van der Waals surface area (Å²) in [4.78, 5) is 17.9. The topological polar surface area (TPSA) is 59.0 Å². The van der Waals surface area contributed by atoms with Gasteiger partial charge >= 0.3 is 0 Å². The van der Waals surface area contributed by atoms with Gasteiger partial charge in [-0.15, -0.1) is 0 Å². The molecular weight excluding hydrogens is 380 g/mol. The van der Waals surface area contributed by atoms with Crippen molar-refractivity contribution in [3.63, 3.8) is 0 Å². The van der Waals surface area contributed by atoms with Crippen LogP contribution in [-0.2, 0) is 0 Å². The van der Waals surface area contributed by atoms with Gasteiger partial charge in [-0.2, -0.15) is 0 Å². The van der Waals surface area contributed by atoms with E-state index in [1.165, 1.54) is 0 Å². The number of para-hydroxylation sites is 3. The molecule has 0 amide bonds. The van der Waals surface area contributed by atoms with Gasteiger partial charge in [0.15, 0.2) is 5.16 Å². The molecule has 0 aliphatic carbocycles. The van der Waals surface area contributed by atoms with Gasteiger partial charge in [0.1, 0.15) is 0 Å². The van der Waals surface area contributed by atoms with Crippen LogP contribution in [0, 0.1) is 0 Å². The fraction of sp³-hybridized carbons (Fsp3) is 0.130. The molecule has 0 unspecified atom stereocenters. The summed E-state index contributed by atoms with van der Waals surface area (Å²) in [5, 5.41) is 1.35. The van der Waals surface area contributed by atoms with Gasteiger partial charge in [0.2, 0.25) is 0 Å². The van der Waals surface area contributed by atoms with Crippen molar-refractivity contribution in [3.8, 4) is 5.69 Å². The standard InChI is InChI=1S/C23H22N4OS/c28-22-20-14-7-8-15-21(20)25-23(27(22)19-12-5-2-6-13-19)29-17-9-16-24-26-18-10-3-1-4-11-18/h1-8,10-15,24,26H,9,16-17H2. The van der Waals surface area contributed by atoms with Crippen molar-refractivity contribution in [2.75, 3.05) is 17.7 Å². The van der Waals surface area contributed by atoms with Gasteiger partial charge in [-0.25, -0.2) is 10.4 Å². The molecule has 1 aromatic heterocycles. The average molecular weight is 403 g/mol. The monoisotopic (exact) mass is 402 g/mol. The van der Waals surface area contributed by atoms with E-state index in [0.717, 1.165) is 40.8 Å². The summed E-state index contributed by atoms with van der Waals surface area (Å²) >= 11 is 1.60. The molecule has 6 heteroatoms. The van der Waals surface area contributed by atoms with Crippen molar-refractivity contribution < 1.29 is 0 Å². The first-order chi connectivity index (χ1) is 14.3. The predicted octanol–water partition coefficient (Wildman–Crippen LogP) is 4.48. The highest BCUT2D eigenvalue weighted by molar-refractivity contribution is 7.99. The third-order valence-corrected chi connectivity index (χ3v) is 5.47. The van der Waals surface area contributed by atoms with Crippen LogP contribution >= 0.6 is 11.8 Å². The van der Waals surface area contributed by atoms with E-state index in [0.29, 0.717) is 5.39 Å². The number of rotatable bonds is 8. The van der Waals surface area contributed by atoms with Crippen LogP contribution in [0.25, 0.3) is 16.6 Å². The number of nitrogens with one attached hydrogen (secondary N) is 2. The van der Waals surface area contributed by atoms with Gasteiger partial charge in [-0.3, -0.25) is 9.36 Å². The molecule has 3 aromatic carbocycles. The number of hydrazine groups is 1. The molecule has 0 spiro atoms. The number of thioether (sulfide) groups is 1. The lowest BCUT2D eigenvalue weighted by Gasteiger charge is -2.13. The third-order valence-electron chi connectivity index (χ3n) is 4.44. The van der Waals surface area contributed by atoms with Crippen molar-refractivity contribution in [1.29, 1.82) is 0 Å². The fourth-order valence-corrected chi connectivity index (χ4v) is 3.98. The summed E-state index contributed by atoms with van der Waals surface area (Å²) in [7, 11) is 0. The van der Waals surface area contributed by atoms with E-state index >= 15 is 0 Å². The van der Waals surface area contributed by atoms with Gasteiger partial charge in [0, 0.05) is 18.0 Å². The molecule has 1 heterocycles. The quantitative estimate of drug-likeness (QED) is 0.197. The van der Waals surface area contributed by atoms with Crippen molar-refractivity contribution in [2.45, 2.75) is 11.6 Å². The summed E-state index contributed by atoms with van der Waals surface area (Å²) in [6.45, 7) is 0.811. The Kier molecular flexibility index (Phi) is 6.24. The van der Waals surface area contributed by atoms with Crippen molar-refractivity contribution in [2.24, 2.45) is 0 Å². The van der Waals surface area contributed by atoms with Crippen LogP contribution in [0.2, 0.25) is 0 Å². The van der Waals surface area contributed by atoms with E-state index in [4.69, 9.17) is 4.98 Å². The molecule has 5 nitrogen and oxygen atoms in total. The number of anilines is 1. The number of hydrogen-bond donors (Lipinski definition) is 2. The Hall–Kier alpha value is -3.09. The van der Waals surface area contributed by atoms with Crippen LogP contribution in [-0.4, -0.2) is 21.8 Å². The van der Waals surface area contributed by atoms with Crippen LogP contribution in [0.5, 0.6) is 0 Å². The molecule has 2 N–H and O–H groups in total. The Labute approximate surface area is 173 Å². The van der Waals surface area contributed by atoms with Gasteiger partial charge in [0.25, 0.3) is 5.56 Å². The number of aromatic nitrogens is 2. The minimum atomic E-state index is -0.0341. The molecule has 0 bridgehead atoms. The zero-order valence-corrected chi connectivity index (χ0v) is 16.7. The third kappa shape index (κ3) is 4.67. The van der Waals surface area contributed by atoms with Crippen LogP contribution in [0.3, 0.4) is 0 Å². The van der Waals surface area contributed by atoms with E-state index in [1.807, 2.05) is 84.9 Å². The average Bonchev–Trinajstić information content (AvgIpc) is 2.77. The summed E-state index contributed by atoms with van der Waals surface area (Å²) in [5.41, 5.74) is 8.98. The Morgan fingerprint density at radius 1 is 0.862 bits per heavy atom. The fourth-order valence-electron chi connectivity index (χ4n) is 3.02. The largest absolute Gasteiger partial charge is 0.322 e. The summed E-state index contributed by atoms with van der Waals surface area (Å²) in [5.74, 6) is 0.848.